The molecule has 0 radical (unpaired) electrons. The number of methoxy groups -OCH3 is 2. The fourth-order valence-electron chi connectivity index (χ4n) is 6.22. The zero-order valence-corrected chi connectivity index (χ0v) is 29.1. The number of rotatable bonds is 17. The highest BCUT2D eigenvalue weighted by molar-refractivity contribution is 5.28. The van der Waals surface area contributed by atoms with Gasteiger partial charge < -0.3 is 38.3 Å². The molecule has 1 saturated carbocycles. The Morgan fingerprint density at radius 2 is 0.608 bits per heavy atom. The van der Waals surface area contributed by atoms with Crippen molar-refractivity contribution in [2.75, 3.05) is 14.2 Å². The van der Waals surface area contributed by atoms with Crippen LogP contribution in [-0.2, 0) is 56.7 Å². The fourth-order valence-corrected chi connectivity index (χ4v) is 6.22. The SMILES string of the molecule is COc1ccc(CO[C@@H]2[C@H](OCc3ccccc3)[C@H](OCc3ccccc3)[C@@H](O)[C@H](OCc3ccc(OC)cc3)[C@H]2OCc2ccccc2)cc1. The van der Waals surface area contributed by atoms with Gasteiger partial charge in [-0.3, -0.25) is 0 Å². The Balaban J connectivity index is 1.35. The van der Waals surface area contributed by atoms with Crippen molar-refractivity contribution in [3.8, 4) is 11.5 Å². The summed E-state index contributed by atoms with van der Waals surface area (Å²) in [6.07, 6.45) is -4.89. The minimum absolute atomic E-state index is 0.225. The van der Waals surface area contributed by atoms with E-state index in [4.69, 9.17) is 33.2 Å². The lowest BCUT2D eigenvalue weighted by Crippen LogP contribution is -2.66. The van der Waals surface area contributed by atoms with E-state index in [0.29, 0.717) is 0 Å². The van der Waals surface area contributed by atoms with Crippen molar-refractivity contribution in [2.45, 2.75) is 69.7 Å². The minimum atomic E-state index is -1.12. The van der Waals surface area contributed by atoms with E-state index in [-0.39, 0.29) is 33.0 Å². The average molecular weight is 691 g/mol. The van der Waals surface area contributed by atoms with E-state index in [1.165, 1.54) is 0 Å². The molecule has 6 atom stereocenters. The molecule has 0 spiro atoms. The highest BCUT2D eigenvalue weighted by atomic mass is 16.6. The third-order valence-electron chi connectivity index (χ3n) is 9.03. The molecule has 0 aromatic heterocycles. The lowest BCUT2D eigenvalue weighted by Gasteiger charge is -2.48. The largest absolute Gasteiger partial charge is 0.497 e. The summed E-state index contributed by atoms with van der Waals surface area (Å²) in [5.41, 5.74) is 4.81. The number of hydrogen-bond acceptors (Lipinski definition) is 8. The number of ether oxygens (including phenoxy) is 7. The molecule has 0 amide bonds. The van der Waals surface area contributed by atoms with E-state index >= 15 is 0 Å². The zero-order chi connectivity index (χ0) is 35.3. The van der Waals surface area contributed by atoms with E-state index in [1.54, 1.807) is 14.2 Å². The Morgan fingerprint density at radius 1 is 0.353 bits per heavy atom. The molecule has 8 nitrogen and oxygen atoms in total. The van der Waals surface area contributed by atoms with Crippen LogP contribution in [0.25, 0.3) is 0 Å². The second-order valence-electron chi connectivity index (χ2n) is 12.5. The van der Waals surface area contributed by atoms with Crippen molar-refractivity contribution < 1.29 is 38.3 Å². The molecule has 1 aliphatic carbocycles. The van der Waals surface area contributed by atoms with Gasteiger partial charge in [0.1, 0.15) is 48.1 Å². The first kappa shape index (κ1) is 36.3. The normalized spacial score (nSPS) is 21.6. The van der Waals surface area contributed by atoms with Gasteiger partial charge >= 0.3 is 0 Å². The maximum absolute atomic E-state index is 12.3. The van der Waals surface area contributed by atoms with Crippen LogP contribution in [0.5, 0.6) is 11.5 Å². The zero-order valence-electron chi connectivity index (χ0n) is 29.1. The van der Waals surface area contributed by atoms with Crippen molar-refractivity contribution >= 4 is 0 Å². The van der Waals surface area contributed by atoms with E-state index in [1.807, 2.05) is 140 Å². The van der Waals surface area contributed by atoms with Crippen molar-refractivity contribution in [1.29, 1.82) is 0 Å². The van der Waals surface area contributed by atoms with E-state index in [9.17, 15) is 5.11 Å². The lowest BCUT2D eigenvalue weighted by molar-refractivity contribution is -0.283. The van der Waals surface area contributed by atoms with Crippen molar-refractivity contribution in [3.63, 3.8) is 0 Å². The molecule has 1 N–H and O–H groups in total. The van der Waals surface area contributed by atoms with Gasteiger partial charge in [0.25, 0.3) is 0 Å². The summed E-state index contributed by atoms with van der Waals surface area (Å²) in [6.45, 7) is 1.32. The first-order valence-corrected chi connectivity index (χ1v) is 17.2. The quantitative estimate of drug-likeness (QED) is 0.109. The van der Waals surface area contributed by atoms with Crippen LogP contribution < -0.4 is 9.47 Å². The first-order valence-electron chi connectivity index (χ1n) is 17.2. The highest BCUT2D eigenvalue weighted by Crippen LogP contribution is 2.35. The molecule has 5 aromatic rings. The van der Waals surface area contributed by atoms with Gasteiger partial charge in [0.2, 0.25) is 0 Å². The van der Waals surface area contributed by atoms with Gasteiger partial charge in [-0.05, 0) is 52.1 Å². The fraction of sp³-hybridized carbons (Fsp3) is 0.302. The summed E-state index contributed by atoms with van der Waals surface area (Å²) in [5, 5.41) is 12.3. The second-order valence-corrected chi connectivity index (χ2v) is 12.5. The second kappa shape index (κ2) is 18.6. The Hall–Kier alpha value is -4.54. The molecule has 0 unspecified atom stereocenters. The maximum atomic E-state index is 12.3. The van der Waals surface area contributed by atoms with Crippen molar-refractivity contribution in [2.24, 2.45) is 0 Å². The standard InChI is InChI=1S/C43H46O8/c1-45-36-22-18-34(19-23-36)29-48-40-38(44)39(47-26-31-12-6-3-7-13-31)41(49-27-32-14-8-4-9-15-32)43(42(40)50-28-33-16-10-5-11-17-33)51-30-35-20-24-37(46-2)25-21-35/h3-25,38-44H,26-30H2,1-2H3/t38-,39-,40+,41-,42-,43-/m1/s1. The van der Waals surface area contributed by atoms with E-state index in [2.05, 4.69) is 0 Å². The van der Waals surface area contributed by atoms with Crippen LogP contribution in [0.15, 0.2) is 140 Å². The van der Waals surface area contributed by atoms with Gasteiger partial charge in [-0.1, -0.05) is 115 Å². The Kier molecular flexibility index (Phi) is 13.2. The monoisotopic (exact) mass is 690 g/mol. The molecule has 6 rings (SSSR count). The highest BCUT2D eigenvalue weighted by Gasteiger charge is 2.54. The van der Waals surface area contributed by atoms with Crippen LogP contribution in [0.4, 0.5) is 0 Å². The van der Waals surface area contributed by atoms with Crippen molar-refractivity contribution in [1.82, 2.24) is 0 Å². The molecule has 266 valence electrons. The van der Waals surface area contributed by atoms with Crippen LogP contribution in [0.3, 0.4) is 0 Å². The van der Waals surface area contributed by atoms with Crippen LogP contribution in [0.1, 0.15) is 27.8 Å². The molecule has 5 aromatic carbocycles. The summed E-state index contributed by atoms with van der Waals surface area (Å²) in [6, 6.07) is 45.2. The number of benzene rings is 5. The molecule has 0 heterocycles. The summed E-state index contributed by atoms with van der Waals surface area (Å²) in [5.74, 6) is 1.51. The summed E-state index contributed by atoms with van der Waals surface area (Å²) in [7, 11) is 3.28. The summed E-state index contributed by atoms with van der Waals surface area (Å²) < 4.78 is 44.2. The predicted octanol–water partition coefficient (Wildman–Crippen LogP) is 7.31. The molecule has 0 saturated heterocycles. The van der Waals surface area contributed by atoms with Gasteiger partial charge in [-0.25, -0.2) is 0 Å². The maximum Gasteiger partial charge on any atom is 0.118 e. The van der Waals surface area contributed by atoms with Gasteiger partial charge in [0, 0.05) is 0 Å². The number of hydrogen-bond donors (Lipinski definition) is 1. The lowest BCUT2D eigenvalue weighted by atomic mass is 9.83. The third-order valence-corrected chi connectivity index (χ3v) is 9.03. The Labute approximate surface area is 300 Å². The Bertz CT molecular complexity index is 1700. The van der Waals surface area contributed by atoms with Gasteiger partial charge in [-0.2, -0.15) is 0 Å². The van der Waals surface area contributed by atoms with E-state index < -0.39 is 36.6 Å². The summed E-state index contributed by atoms with van der Waals surface area (Å²) >= 11 is 0. The molecular formula is C43H46O8. The Morgan fingerprint density at radius 3 is 0.902 bits per heavy atom. The van der Waals surface area contributed by atoms with Crippen LogP contribution in [-0.4, -0.2) is 55.9 Å². The molecule has 8 heteroatoms. The van der Waals surface area contributed by atoms with Crippen molar-refractivity contribution in [3.05, 3.63) is 167 Å². The molecule has 0 bridgehead atoms. The van der Waals surface area contributed by atoms with Gasteiger partial charge in [0.15, 0.2) is 0 Å². The predicted molar refractivity (Wildman–Crippen MR) is 194 cm³/mol. The van der Waals surface area contributed by atoms with E-state index in [0.717, 1.165) is 39.3 Å². The molecule has 1 fully saturated rings. The number of aliphatic hydroxyl groups excluding tert-OH is 1. The minimum Gasteiger partial charge on any atom is -0.497 e. The average Bonchev–Trinajstić information content (AvgIpc) is 3.19. The third kappa shape index (κ3) is 10.0. The molecule has 0 aliphatic heterocycles. The van der Waals surface area contributed by atoms with Gasteiger partial charge in [-0.15, -0.1) is 0 Å². The first-order chi connectivity index (χ1) is 25.1. The van der Waals surface area contributed by atoms with Crippen LogP contribution >= 0.6 is 0 Å². The topological polar surface area (TPSA) is 84.8 Å². The summed E-state index contributed by atoms with van der Waals surface area (Å²) in [4.78, 5) is 0. The van der Waals surface area contributed by atoms with Crippen LogP contribution in [0, 0.1) is 0 Å². The number of aliphatic hydroxyl groups is 1. The molecular weight excluding hydrogens is 644 g/mol. The van der Waals surface area contributed by atoms with Crippen LogP contribution in [0.2, 0.25) is 0 Å². The smallest absolute Gasteiger partial charge is 0.118 e. The van der Waals surface area contributed by atoms with Gasteiger partial charge in [0.05, 0.1) is 47.3 Å². The molecule has 51 heavy (non-hydrogen) atoms. The molecule has 1 aliphatic rings.